The van der Waals surface area contributed by atoms with Crippen molar-refractivity contribution in [1.82, 2.24) is 14.6 Å². The fraction of sp³-hybridized carbons (Fsp3) is 0.0909. The minimum atomic E-state index is -1.23. The fourth-order valence-corrected chi connectivity index (χ4v) is 1.42. The van der Waals surface area contributed by atoms with Crippen LogP contribution in [0.25, 0.3) is 5.65 Å². The second-order valence-corrected chi connectivity index (χ2v) is 3.44. The van der Waals surface area contributed by atoms with E-state index in [4.69, 9.17) is 9.84 Å². The van der Waals surface area contributed by atoms with E-state index in [9.17, 15) is 9.59 Å². The monoisotopic (exact) mass is 262 g/mol. The van der Waals surface area contributed by atoms with E-state index in [2.05, 4.69) is 22.0 Å². The molecule has 2 aromatic heterocycles. The lowest BCUT2D eigenvalue weighted by atomic mass is 10.3. The zero-order valence-corrected chi connectivity index (χ0v) is 9.74. The number of carbonyl (C=O) groups excluding carboxylic acids is 1. The number of aromatic carboxylic acids is 1. The smallest absolute Gasteiger partial charge is 0.413 e. The van der Waals surface area contributed by atoms with Crippen LogP contribution < -0.4 is 5.32 Å². The Morgan fingerprint density at radius 2 is 2.37 bits per heavy atom. The van der Waals surface area contributed by atoms with Crippen LogP contribution in [0.15, 0.2) is 31.1 Å². The molecule has 2 heterocycles. The van der Waals surface area contributed by atoms with E-state index >= 15 is 0 Å². The first-order valence-corrected chi connectivity index (χ1v) is 5.24. The van der Waals surface area contributed by atoms with Crippen LogP contribution in [0.3, 0.4) is 0 Å². The molecule has 0 atom stereocenters. The largest absolute Gasteiger partial charge is 0.477 e. The minimum absolute atomic E-state index is 0.0154. The molecule has 0 unspecified atom stereocenters. The molecule has 0 spiro atoms. The third kappa shape index (κ3) is 2.51. The number of carboxylic acids is 1. The van der Waals surface area contributed by atoms with Crippen LogP contribution in [0.2, 0.25) is 0 Å². The Labute approximate surface area is 107 Å². The molecule has 0 radical (unpaired) electrons. The number of carboxylic acid groups (broad SMARTS) is 1. The van der Waals surface area contributed by atoms with Gasteiger partial charge in [0.05, 0.1) is 6.20 Å². The van der Waals surface area contributed by atoms with Crippen molar-refractivity contribution < 1.29 is 19.4 Å². The standard InChI is InChI=1S/C11H10N4O4/c1-2-5-19-11(18)14-9-7(10(16)17)6-12-8-3-4-13-15(8)9/h2-4,6H,1,5H2,(H,14,18)(H,16,17). The van der Waals surface area contributed by atoms with Crippen LogP contribution in [0.4, 0.5) is 10.6 Å². The van der Waals surface area contributed by atoms with Crippen molar-refractivity contribution in [3.63, 3.8) is 0 Å². The quantitative estimate of drug-likeness (QED) is 0.801. The van der Waals surface area contributed by atoms with Crippen molar-refractivity contribution in [2.45, 2.75) is 0 Å². The van der Waals surface area contributed by atoms with E-state index in [1.165, 1.54) is 16.8 Å². The van der Waals surface area contributed by atoms with Crippen LogP contribution in [0.5, 0.6) is 0 Å². The summed E-state index contributed by atoms with van der Waals surface area (Å²) in [5.74, 6) is -1.25. The number of hydrogen-bond acceptors (Lipinski definition) is 5. The second kappa shape index (κ2) is 5.17. The van der Waals surface area contributed by atoms with Crippen molar-refractivity contribution in [2.75, 3.05) is 11.9 Å². The van der Waals surface area contributed by atoms with E-state index in [0.29, 0.717) is 5.65 Å². The summed E-state index contributed by atoms with van der Waals surface area (Å²) in [6.07, 6.45) is 3.18. The molecule has 19 heavy (non-hydrogen) atoms. The maximum atomic E-state index is 11.5. The zero-order valence-electron chi connectivity index (χ0n) is 9.74. The molecule has 0 aliphatic carbocycles. The molecule has 1 amide bonds. The maximum absolute atomic E-state index is 11.5. The van der Waals surface area contributed by atoms with Gasteiger partial charge >= 0.3 is 12.1 Å². The highest BCUT2D eigenvalue weighted by atomic mass is 16.5. The molecular formula is C11H10N4O4. The molecule has 0 saturated heterocycles. The highest BCUT2D eigenvalue weighted by molar-refractivity contribution is 5.97. The molecule has 0 fully saturated rings. The van der Waals surface area contributed by atoms with Gasteiger partial charge in [-0.05, 0) is 0 Å². The van der Waals surface area contributed by atoms with Crippen LogP contribution in [0.1, 0.15) is 10.4 Å². The van der Waals surface area contributed by atoms with Crippen molar-refractivity contribution in [2.24, 2.45) is 0 Å². The Morgan fingerprint density at radius 1 is 1.58 bits per heavy atom. The van der Waals surface area contributed by atoms with E-state index in [0.717, 1.165) is 6.20 Å². The molecule has 98 valence electrons. The van der Waals surface area contributed by atoms with Gasteiger partial charge in [-0.15, -0.1) is 0 Å². The summed E-state index contributed by atoms with van der Waals surface area (Å²) in [6.45, 7) is 3.42. The number of nitrogens with zero attached hydrogens (tertiary/aromatic N) is 3. The highest BCUT2D eigenvalue weighted by Gasteiger charge is 2.17. The molecule has 8 nitrogen and oxygen atoms in total. The number of fused-ring (bicyclic) bond motifs is 1. The lowest BCUT2D eigenvalue weighted by Crippen LogP contribution is -2.19. The van der Waals surface area contributed by atoms with Gasteiger partial charge < -0.3 is 9.84 Å². The summed E-state index contributed by atoms with van der Waals surface area (Å²) in [7, 11) is 0. The first-order chi connectivity index (χ1) is 9.13. The number of ether oxygens (including phenoxy) is 1. The van der Waals surface area contributed by atoms with Crippen LogP contribution in [-0.4, -0.2) is 38.4 Å². The molecule has 8 heteroatoms. The predicted molar refractivity (Wildman–Crippen MR) is 65.1 cm³/mol. The van der Waals surface area contributed by atoms with E-state index in [-0.39, 0.29) is 18.0 Å². The molecule has 2 N–H and O–H groups in total. The Morgan fingerprint density at radius 3 is 3.05 bits per heavy atom. The summed E-state index contributed by atoms with van der Waals surface area (Å²) in [4.78, 5) is 26.5. The van der Waals surface area contributed by atoms with Gasteiger partial charge in [0.1, 0.15) is 12.2 Å². The average molecular weight is 262 g/mol. The molecule has 0 aromatic carbocycles. The Hall–Kier alpha value is -2.90. The lowest BCUT2D eigenvalue weighted by Gasteiger charge is -2.09. The number of aromatic nitrogens is 3. The first kappa shape index (κ1) is 12.6. The van der Waals surface area contributed by atoms with E-state index < -0.39 is 12.1 Å². The van der Waals surface area contributed by atoms with Gasteiger partial charge in [0.2, 0.25) is 0 Å². The first-order valence-electron chi connectivity index (χ1n) is 5.24. The number of carbonyl (C=O) groups is 2. The van der Waals surface area contributed by atoms with Crippen LogP contribution in [0, 0.1) is 0 Å². The summed E-state index contributed by atoms with van der Waals surface area (Å²) in [5, 5.41) is 15.3. The highest BCUT2D eigenvalue weighted by Crippen LogP contribution is 2.16. The minimum Gasteiger partial charge on any atom is -0.477 e. The Kier molecular flexibility index (Phi) is 3.42. The fourth-order valence-electron chi connectivity index (χ4n) is 1.42. The molecular weight excluding hydrogens is 252 g/mol. The number of anilines is 1. The van der Waals surface area contributed by atoms with Gasteiger partial charge in [0.15, 0.2) is 11.5 Å². The maximum Gasteiger partial charge on any atom is 0.413 e. The molecule has 0 aliphatic heterocycles. The second-order valence-electron chi connectivity index (χ2n) is 3.44. The number of nitrogens with one attached hydrogen (secondary N) is 1. The van der Waals surface area contributed by atoms with Gasteiger partial charge in [0, 0.05) is 12.3 Å². The topological polar surface area (TPSA) is 106 Å². The van der Waals surface area contributed by atoms with Crippen molar-refractivity contribution >= 4 is 23.5 Å². The molecule has 2 rings (SSSR count). The molecule has 2 aromatic rings. The summed E-state index contributed by atoms with van der Waals surface area (Å²) in [6, 6.07) is 1.58. The number of hydrogen-bond donors (Lipinski definition) is 2. The lowest BCUT2D eigenvalue weighted by molar-refractivity contribution is 0.0697. The normalized spacial score (nSPS) is 10.1. The van der Waals surface area contributed by atoms with E-state index in [1.807, 2.05) is 0 Å². The van der Waals surface area contributed by atoms with Crippen molar-refractivity contribution in [3.8, 4) is 0 Å². The molecule has 0 saturated carbocycles. The SMILES string of the molecule is C=CCOC(=O)Nc1c(C(=O)O)cnc2ccnn12. The Balaban J connectivity index is 2.40. The Bertz CT molecular complexity index is 649. The average Bonchev–Trinajstić information content (AvgIpc) is 2.85. The van der Waals surface area contributed by atoms with E-state index in [1.54, 1.807) is 6.07 Å². The van der Waals surface area contributed by atoms with Crippen molar-refractivity contribution in [1.29, 1.82) is 0 Å². The van der Waals surface area contributed by atoms with Gasteiger partial charge in [-0.2, -0.15) is 9.61 Å². The summed E-state index contributed by atoms with van der Waals surface area (Å²) in [5.41, 5.74) is 0.218. The number of amides is 1. The summed E-state index contributed by atoms with van der Waals surface area (Å²) < 4.78 is 5.94. The van der Waals surface area contributed by atoms with Crippen molar-refractivity contribution in [3.05, 3.63) is 36.7 Å². The van der Waals surface area contributed by atoms with Crippen LogP contribution in [-0.2, 0) is 4.74 Å². The third-order valence-corrected chi connectivity index (χ3v) is 2.20. The van der Waals surface area contributed by atoms with Gasteiger partial charge in [0.25, 0.3) is 0 Å². The van der Waals surface area contributed by atoms with Gasteiger partial charge in [-0.1, -0.05) is 12.7 Å². The van der Waals surface area contributed by atoms with Gasteiger partial charge in [-0.25, -0.2) is 14.6 Å². The predicted octanol–water partition coefficient (Wildman–Crippen LogP) is 1.16. The summed E-state index contributed by atoms with van der Waals surface area (Å²) >= 11 is 0. The third-order valence-electron chi connectivity index (χ3n) is 2.20. The molecule has 0 bridgehead atoms. The van der Waals surface area contributed by atoms with Crippen LogP contribution >= 0.6 is 0 Å². The molecule has 0 aliphatic rings. The number of rotatable bonds is 4. The van der Waals surface area contributed by atoms with Gasteiger partial charge in [-0.3, -0.25) is 5.32 Å². The zero-order chi connectivity index (χ0) is 13.8.